The lowest BCUT2D eigenvalue weighted by molar-refractivity contribution is 0.184. The molecule has 2 aromatic rings. The molecule has 1 saturated heterocycles. The van der Waals surface area contributed by atoms with Gasteiger partial charge in [0.2, 0.25) is 0 Å². The summed E-state index contributed by atoms with van der Waals surface area (Å²) in [6.07, 6.45) is 3.27. The third kappa shape index (κ3) is 3.77. The number of urea groups is 1. The molecular weight excluding hydrogens is 276 g/mol. The summed E-state index contributed by atoms with van der Waals surface area (Å²) in [6, 6.07) is 13.8. The van der Waals surface area contributed by atoms with Crippen molar-refractivity contribution >= 4 is 22.5 Å². The molecule has 1 aliphatic rings. The fraction of sp³-hybridized carbons (Fsp3) is 0.389. The highest BCUT2D eigenvalue weighted by molar-refractivity contribution is 6.01. The van der Waals surface area contributed by atoms with Crippen molar-refractivity contribution in [1.82, 2.24) is 5.32 Å². The van der Waals surface area contributed by atoms with E-state index in [4.69, 9.17) is 4.74 Å². The summed E-state index contributed by atoms with van der Waals surface area (Å²) in [5.41, 5.74) is 0.847. The summed E-state index contributed by atoms with van der Waals surface area (Å²) >= 11 is 0. The lowest BCUT2D eigenvalue weighted by Crippen LogP contribution is -2.29. The molecule has 116 valence electrons. The van der Waals surface area contributed by atoms with Crippen LogP contribution in [-0.4, -0.2) is 25.8 Å². The van der Waals surface area contributed by atoms with E-state index < -0.39 is 0 Å². The molecule has 1 fully saturated rings. The van der Waals surface area contributed by atoms with Gasteiger partial charge in [-0.2, -0.15) is 0 Å². The summed E-state index contributed by atoms with van der Waals surface area (Å²) in [7, 11) is 0. The molecule has 0 saturated carbocycles. The van der Waals surface area contributed by atoms with Crippen LogP contribution < -0.4 is 10.6 Å². The number of amides is 2. The number of carbonyl (C=O) groups excluding carboxylic acids is 1. The van der Waals surface area contributed by atoms with Gasteiger partial charge in [-0.25, -0.2) is 4.79 Å². The Hall–Kier alpha value is -2.07. The fourth-order valence-electron chi connectivity index (χ4n) is 2.90. The first-order valence-electron chi connectivity index (χ1n) is 7.93. The monoisotopic (exact) mass is 298 g/mol. The molecule has 0 spiro atoms. The Kier molecular flexibility index (Phi) is 4.91. The van der Waals surface area contributed by atoms with E-state index in [0.717, 1.165) is 48.9 Å². The van der Waals surface area contributed by atoms with Crippen molar-refractivity contribution in [1.29, 1.82) is 0 Å². The van der Waals surface area contributed by atoms with E-state index in [2.05, 4.69) is 10.6 Å². The van der Waals surface area contributed by atoms with Crippen molar-refractivity contribution in [3.63, 3.8) is 0 Å². The first-order valence-corrected chi connectivity index (χ1v) is 7.93. The van der Waals surface area contributed by atoms with Gasteiger partial charge < -0.3 is 15.4 Å². The summed E-state index contributed by atoms with van der Waals surface area (Å²) in [4.78, 5) is 12.0. The maximum atomic E-state index is 12.0. The van der Waals surface area contributed by atoms with Crippen LogP contribution in [0.15, 0.2) is 42.5 Å². The second-order valence-electron chi connectivity index (χ2n) is 5.78. The number of anilines is 1. The van der Waals surface area contributed by atoms with E-state index in [0.29, 0.717) is 12.5 Å². The molecule has 2 N–H and O–H groups in total. The second-order valence-corrected chi connectivity index (χ2v) is 5.78. The van der Waals surface area contributed by atoms with Crippen LogP contribution in [0, 0.1) is 5.92 Å². The van der Waals surface area contributed by atoms with Gasteiger partial charge in [0.05, 0.1) is 5.69 Å². The highest BCUT2D eigenvalue weighted by Crippen LogP contribution is 2.22. The number of rotatable bonds is 5. The molecule has 1 unspecified atom stereocenters. The number of ether oxygens (including phenoxy) is 1. The van der Waals surface area contributed by atoms with Crippen molar-refractivity contribution in [2.75, 3.05) is 25.1 Å². The quantitative estimate of drug-likeness (QED) is 0.825. The van der Waals surface area contributed by atoms with Gasteiger partial charge in [0.25, 0.3) is 0 Å². The van der Waals surface area contributed by atoms with Crippen LogP contribution in [0.1, 0.15) is 19.3 Å². The minimum atomic E-state index is -0.140. The highest BCUT2D eigenvalue weighted by Gasteiger charge is 2.14. The lowest BCUT2D eigenvalue weighted by atomic mass is 10.0. The number of hydrogen-bond acceptors (Lipinski definition) is 2. The van der Waals surface area contributed by atoms with Crippen LogP contribution in [0.3, 0.4) is 0 Å². The molecule has 1 aliphatic heterocycles. The molecule has 1 heterocycles. The van der Waals surface area contributed by atoms with Gasteiger partial charge >= 0.3 is 6.03 Å². The molecule has 4 heteroatoms. The molecular formula is C18H22N2O2. The summed E-state index contributed by atoms with van der Waals surface area (Å²) in [6.45, 7) is 2.47. The van der Waals surface area contributed by atoms with Crippen LogP contribution >= 0.6 is 0 Å². The summed E-state index contributed by atoms with van der Waals surface area (Å²) < 4.78 is 5.36. The molecule has 4 nitrogen and oxygen atoms in total. The Balaban J connectivity index is 1.48. The number of carbonyl (C=O) groups is 1. The Morgan fingerprint density at radius 2 is 2.05 bits per heavy atom. The van der Waals surface area contributed by atoms with Gasteiger partial charge in [-0.05, 0) is 36.6 Å². The zero-order chi connectivity index (χ0) is 15.2. The number of benzene rings is 2. The molecule has 2 amide bonds. The fourth-order valence-corrected chi connectivity index (χ4v) is 2.90. The van der Waals surface area contributed by atoms with Crippen molar-refractivity contribution in [2.24, 2.45) is 5.92 Å². The van der Waals surface area contributed by atoms with E-state index in [9.17, 15) is 4.79 Å². The van der Waals surface area contributed by atoms with Crippen molar-refractivity contribution in [3.8, 4) is 0 Å². The number of hydrogen-bond donors (Lipinski definition) is 2. The Bertz CT molecular complexity index is 631. The first kappa shape index (κ1) is 14.9. The van der Waals surface area contributed by atoms with Crippen molar-refractivity contribution in [2.45, 2.75) is 19.3 Å². The third-order valence-corrected chi connectivity index (χ3v) is 4.14. The Morgan fingerprint density at radius 1 is 1.18 bits per heavy atom. The SMILES string of the molecule is O=C(NCCCC1CCOC1)Nc1cccc2ccccc12. The molecule has 0 bridgehead atoms. The number of fused-ring (bicyclic) bond motifs is 1. The maximum absolute atomic E-state index is 12.0. The normalized spacial score (nSPS) is 17.5. The van der Waals surface area contributed by atoms with Crippen molar-refractivity contribution < 1.29 is 9.53 Å². The topological polar surface area (TPSA) is 50.4 Å². The standard InChI is InChI=1S/C18H22N2O2/c21-18(19-11-4-5-14-10-12-22-13-14)20-17-9-3-7-15-6-1-2-8-16(15)17/h1-3,6-9,14H,4-5,10-13H2,(H2,19,20,21). The Morgan fingerprint density at radius 3 is 2.91 bits per heavy atom. The minimum Gasteiger partial charge on any atom is -0.381 e. The average molecular weight is 298 g/mol. The van der Waals surface area contributed by atoms with E-state index in [1.807, 2.05) is 42.5 Å². The summed E-state index contributed by atoms with van der Waals surface area (Å²) in [5.74, 6) is 0.669. The van der Waals surface area contributed by atoms with E-state index in [1.165, 1.54) is 0 Å². The zero-order valence-electron chi connectivity index (χ0n) is 12.7. The predicted molar refractivity (Wildman–Crippen MR) is 89.1 cm³/mol. The average Bonchev–Trinajstić information content (AvgIpc) is 3.05. The second kappa shape index (κ2) is 7.27. The first-order chi connectivity index (χ1) is 10.8. The van der Waals surface area contributed by atoms with Crippen LogP contribution in [-0.2, 0) is 4.74 Å². The highest BCUT2D eigenvalue weighted by atomic mass is 16.5. The molecule has 22 heavy (non-hydrogen) atoms. The van der Waals surface area contributed by atoms with Crippen LogP contribution in [0.25, 0.3) is 10.8 Å². The largest absolute Gasteiger partial charge is 0.381 e. The molecule has 2 aromatic carbocycles. The van der Waals surface area contributed by atoms with Crippen molar-refractivity contribution in [3.05, 3.63) is 42.5 Å². The maximum Gasteiger partial charge on any atom is 0.319 e. The van der Waals surface area contributed by atoms with Gasteiger partial charge in [-0.1, -0.05) is 36.4 Å². The number of nitrogens with one attached hydrogen (secondary N) is 2. The molecule has 3 rings (SSSR count). The van der Waals surface area contributed by atoms with Gasteiger partial charge in [0, 0.05) is 25.1 Å². The lowest BCUT2D eigenvalue weighted by Gasteiger charge is -2.11. The zero-order valence-corrected chi connectivity index (χ0v) is 12.7. The van der Waals surface area contributed by atoms with Gasteiger partial charge in [0.15, 0.2) is 0 Å². The van der Waals surface area contributed by atoms with E-state index in [-0.39, 0.29) is 6.03 Å². The summed E-state index contributed by atoms with van der Waals surface area (Å²) in [5, 5.41) is 8.05. The van der Waals surface area contributed by atoms with Gasteiger partial charge in [-0.3, -0.25) is 0 Å². The third-order valence-electron chi connectivity index (χ3n) is 4.14. The van der Waals surface area contributed by atoms with E-state index in [1.54, 1.807) is 0 Å². The van der Waals surface area contributed by atoms with Gasteiger partial charge in [-0.15, -0.1) is 0 Å². The van der Waals surface area contributed by atoms with Crippen LogP contribution in [0.4, 0.5) is 10.5 Å². The minimum absolute atomic E-state index is 0.140. The molecule has 0 aromatic heterocycles. The Labute approximate surface area is 130 Å². The predicted octanol–water partition coefficient (Wildman–Crippen LogP) is 3.78. The van der Waals surface area contributed by atoms with Crippen LogP contribution in [0.5, 0.6) is 0 Å². The molecule has 0 radical (unpaired) electrons. The molecule has 1 atom stereocenters. The van der Waals surface area contributed by atoms with E-state index >= 15 is 0 Å². The molecule has 0 aliphatic carbocycles. The van der Waals surface area contributed by atoms with Crippen LogP contribution in [0.2, 0.25) is 0 Å². The van der Waals surface area contributed by atoms with Gasteiger partial charge in [0.1, 0.15) is 0 Å². The smallest absolute Gasteiger partial charge is 0.319 e.